The van der Waals surface area contributed by atoms with Gasteiger partial charge in [-0.1, -0.05) is 12.8 Å². The van der Waals surface area contributed by atoms with Gasteiger partial charge in [0.15, 0.2) is 22.2 Å². The summed E-state index contributed by atoms with van der Waals surface area (Å²) in [6.07, 6.45) is 9.76. The molecule has 0 saturated heterocycles. The maximum Gasteiger partial charge on any atom is 0.167 e. The lowest BCUT2D eigenvalue weighted by Gasteiger charge is -2.29. The molecular weight excluding hydrogens is 376 g/mol. The van der Waals surface area contributed by atoms with Gasteiger partial charge in [-0.15, -0.1) is 0 Å². The van der Waals surface area contributed by atoms with E-state index in [0.717, 1.165) is 51.4 Å². The van der Waals surface area contributed by atoms with Gasteiger partial charge in [0.2, 0.25) is 0 Å². The molecule has 2 saturated carbocycles. The maximum atomic E-state index is 9.34. The number of hydrogen-bond donors (Lipinski definition) is 0. The topological polar surface area (TPSA) is 145 Å². The number of nitriles is 4. The van der Waals surface area contributed by atoms with Gasteiger partial charge in [0.05, 0.1) is 24.3 Å². The molecule has 0 bridgehead atoms. The largest absolute Gasteiger partial charge is 0.196 e. The lowest BCUT2D eigenvalue weighted by Crippen LogP contribution is -2.31. The zero-order valence-electron chi connectivity index (χ0n) is 18.6. The summed E-state index contributed by atoms with van der Waals surface area (Å²) in [4.78, 5) is 0. The van der Waals surface area contributed by atoms with Crippen molar-refractivity contribution >= 4 is 0 Å². The lowest BCUT2D eigenvalue weighted by molar-refractivity contribution is 0.310. The van der Waals surface area contributed by atoms with Crippen molar-refractivity contribution in [1.82, 2.24) is 0 Å². The highest BCUT2D eigenvalue weighted by molar-refractivity contribution is 5.12. The Hall–Kier alpha value is -2.84. The van der Waals surface area contributed by atoms with Crippen molar-refractivity contribution < 1.29 is 0 Å². The van der Waals surface area contributed by atoms with E-state index in [9.17, 15) is 10.5 Å². The van der Waals surface area contributed by atoms with Crippen LogP contribution < -0.4 is 0 Å². The van der Waals surface area contributed by atoms with Crippen LogP contribution in [0.4, 0.5) is 0 Å². The third-order valence-corrected chi connectivity index (χ3v) is 5.31. The van der Waals surface area contributed by atoms with Crippen molar-refractivity contribution in [2.75, 3.05) is 0 Å². The van der Waals surface area contributed by atoms with E-state index in [4.69, 9.17) is 10.5 Å². The summed E-state index contributed by atoms with van der Waals surface area (Å²) in [7, 11) is 0. The van der Waals surface area contributed by atoms with E-state index in [1.807, 2.05) is 12.1 Å². The number of hydrogen-bond acceptors (Lipinski definition) is 8. The average Bonchev–Trinajstić information content (AvgIpc) is 2.78. The van der Waals surface area contributed by atoms with E-state index in [1.54, 1.807) is 27.7 Å². The monoisotopic (exact) mass is 408 g/mol. The van der Waals surface area contributed by atoms with Crippen LogP contribution in [0.5, 0.6) is 0 Å². The normalized spacial score (nSPS) is 20.8. The molecule has 2 aliphatic rings. The molecule has 2 rings (SSSR count). The first-order valence-electron chi connectivity index (χ1n) is 10.6. The minimum absolute atomic E-state index is 0.639. The van der Waals surface area contributed by atoms with Crippen molar-refractivity contribution in [2.24, 2.45) is 20.5 Å². The van der Waals surface area contributed by atoms with Gasteiger partial charge in [0.25, 0.3) is 0 Å². The molecule has 2 fully saturated rings. The van der Waals surface area contributed by atoms with Gasteiger partial charge in [-0.25, -0.2) is 0 Å². The van der Waals surface area contributed by atoms with Crippen LogP contribution in [0, 0.1) is 45.3 Å². The molecule has 0 aliphatic heterocycles. The first-order chi connectivity index (χ1) is 14.1. The Kier molecular flexibility index (Phi) is 9.07. The second-order valence-electron chi connectivity index (χ2n) is 9.15. The van der Waals surface area contributed by atoms with Crippen LogP contribution in [0.3, 0.4) is 0 Å². The smallest absolute Gasteiger partial charge is 0.167 e. The molecule has 0 radical (unpaired) electrons. The van der Waals surface area contributed by atoms with E-state index >= 15 is 0 Å². The van der Waals surface area contributed by atoms with Gasteiger partial charge >= 0.3 is 0 Å². The van der Waals surface area contributed by atoms with Gasteiger partial charge < -0.3 is 0 Å². The summed E-state index contributed by atoms with van der Waals surface area (Å²) in [5.74, 6) is 0. The molecule has 0 aromatic carbocycles. The van der Waals surface area contributed by atoms with Crippen molar-refractivity contribution in [1.29, 1.82) is 21.0 Å². The summed E-state index contributed by atoms with van der Waals surface area (Å²) in [6.45, 7) is 6.57. The summed E-state index contributed by atoms with van der Waals surface area (Å²) >= 11 is 0. The molecule has 160 valence electrons. The second-order valence-corrected chi connectivity index (χ2v) is 9.15. The van der Waals surface area contributed by atoms with Crippen LogP contribution in [0.1, 0.15) is 91.9 Å². The fourth-order valence-electron chi connectivity index (χ4n) is 3.23. The van der Waals surface area contributed by atoms with Crippen LogP contribution in [-0.4, -0.2) is 22.2 Å². The highest BCUT2D eigenvalue weighted by Crippen LogP contribution is 2.36. The van der Waals surface area contributed by atoms with E-state index in [1.165, 1.54) is 12.8 Å². The second kappa shape index (κ2) is 10.8. The van der Waals surface area contributed by atoms with E-state index in [0.29, 0.717) is 0 Å². The Morgan fingerprint density at radius 3 is 1.10 bits per heavy atom. The third kappa shape index (κ3) is 7.88. The molecule has 0 N–H and O–H groups in total. The summed E-state index contributed by atoms with van der Waals surface area (Å²) < 4.78 is 0. The standard InChI is InChI=1S/C14H20N4.C8H12N4/c15-11-13(7-3-1-4-8-13)17-18-14(12-16)9-5-2-6-10-14;1-7(2,5-9)11-12-8(3,4)6-10/h1-10H2;1-4H3/b18-17+;12-11+. The van der Waals surface area contributed by atoms with Crippen molar-refractivity contribution in [3.8, 4) is 24.3 Å². The first kappa shape index (κ1) is 25.2. The molecule has 0 amide bonds. The van der Waals surface area contributed by atoms with Crippen LogP contribution in [-0.2, 0) is 0 Å². The van der Waals surface area contributed by atoms with E-state index < -0.39 is 22.2 Å². The fraction of sp³-hybridized carbons (Fsp3) is 0.818. The Balaban J connectivity index is 0.000000329. The Bertz CT molecular complexity index is 717. The molecule has 30 heavy (non-hydrogen) atoms. The Morgan fingerprint density at radius 2 is 0.867 bits per heavy atom. The quantitative estimate of drug-likeness (QED) is 0.530. The predicted molar refractivity (Wildman–Crippen MR) is 112 cm³/mol. The zero-order chi connectivity index (χ0) is 22.7. The fourth-order valence-corrected chi connectivity index (χ4v) is 3.23. The van der Waals surface area contributed by atoms with Crippen LogP contribution >= 0.6 is 0 Å². The minimum atomic E-state index is -0.839. The summed E-state index contributed by atoms with van der Waals surface area (Å²) in [5.41, 5.74) is -2.96. The number of azo groups is 2. The van der Waals surface area contributed by atoms with Crippen LogP contribution in [0.15, 0.2) is 20.5 Å². The number of nitrogens with zero attached hydrogens (tertiary/aromatic N) is 8. The Morgan fingerprint density at radius 1 is 0.567 bits per heavy atom. The zero-order valence-corrected chi connectivity index (χ0v) is 18.6. The molecule has 8 heteroatoms. The van der Waals surface area contributed by atoms with Crippen LogP contribution in [0.2, 0.25) is 0 Å². The Labute approximate surface area is 180 Å². The molecule has 0 aromatic heterocycles. The van der Waals surface area contributed by atoms with Crippen molar-refractivity contribution in [3.63, 3.8) is 0 Å². The average molecular weight is 409 g/mol. The molecule has 0 spiro atoms. The van der Waals surface area contributed by atoms with E-state index in [-0.39, 0.29) is 0 Å². The highest BCUT2D eigenvalue weighted by atomic mass is 15.2. The highest BCUT2D eigenvalue weighted by Gasteiger charge is 2.36. The minimum Gasteiger partial charge on any atom is -0.196 e. The van der Waals surface area contributed by atoms with E-state index in [2.05, 4.69) is 32.6 Å². The van der Waals surface area contributed by atoms with Crippen molar-refractivity contribution in [2.45, 2.75) is 114 Å². The lowest BCUT2D eigenvalue weighted by atomic mass is 9.82. The van der Waals surface area contributed by atoms with Crippen molar-refractivity contribution in [3.05, 3.63) is 0 Å². The molecule has 0 heterocycles. The van der Waals surface area contributed by atoms with Crippen LogP contribution in [0.25, 0.3) is 0 Å². The van der Waals surface area contributed by atoms with Gasteiger partial charge in [0, 0.05) is 0 Å². The van der Waals surface area contributed by atoms with Gasteiger partial charge in [-0.3, -0.25) is 0 Å². The third-order valence-electron chi connectivity index (χ3n) is 5.31. The maximum absolute atomic E-state index is 9.34. The molecule has 0 unspecified atom stereocenters. The first-order valence-corrected chi connectivity index (χ1v) is 10.6. The van der Waals surface area contributed by atoms with Gasteiger partial charge in [-0.05, 0) is 79.1 Å². The molecule has 0 atom stereocenters. The molecule has 0 aromatic rings. The molecule has 2 aliphatic carbocycles. The molecule has 8 nitrogen and oxygen atoms in total. The summed E-state index contributed by atoms with van der Waals surface area (Å²) in [5, 5.41) is 52.0. The summed E-state index contributed by atoms with van der Waals surface area (Å²) in [6, 6.07) is 8.59. The van der Waals surface area contributed by atoms with Gasteiger partial charge in [0.1, 0.15) is 0 Å². The predicted octanol–water partition coefficient (Wildman–Crippen LogP) is 5.93. The molecular formula is C22H32N8. The van der Waals surface area contributed by atoms with Gasteiger partial charge in [-0.2, -0.15) is 41.5 Å². The number of rotatable bonds is 4. The SMILES string of the molecule is CC(C)(C#N)/N=N/C(C)(C)C#N.N#CC1(/N=N/C2(C#N)CCCCC2)CCCCC1.